The zero-order valence-corrected chi connectivity index (χ0v) is 10.9. The average molecular weight is 240 g/mol. The lowest BCUT2D eigenvalue weighted by molar-refractivity contribution is -0.148. The first-order valence-electron chi connectivity index (χ1n) is 6.75. The van der Waals surface area contributed by atoms with Gasteiger partial charge in [-0.15, -0.1) is 0 Å². The third-order valence-corrected chi connectivity index (χ3v) is 4.23. The molecule has 0 aromatic carbocycles. The van der Waals surface area contributed by atoms with Crippen LogP contribution in [0, 0.1) is 11.8 Å². The van der Waals surface area contributed by atoms with Gasteiger partial charge >= 0.3 is 0 Å². The molecule has 17 heavy (non-hydrogen) atoms. The van der Waals surface area contributed by atoms with Gasteiger partial charge in [0.1, 0.15) is 0 Å². The van der Waals surface area contributed by atoms with Gasteiger partial charge in [0.15, 0.2) is 0 Å². The van der Waals surface area contributed by atoms with Crippen LogP contribution in [0.4, 0.5) is 0 Å². The molecule has 2 fully saturated rings. The number of hydrogen-bond donors (Lipinski definition) is 1. The Morgan fingerprint density at radius 2 is 2.18 bits per heavy atom. The lowest BCUT2D eigenvalue weighted by atomic mass is 9.95. The van der Waals surface area contributed by atoms with Crippen molar-refractivity contribution in [1.82, 2.24) is 4.90 Å². The van der Waals surface area contributed by atoms with Gasteiger partial charge in [0.25, 0.3) is 0 Å². The Morgan fingerprint density at radius 1 is 1.41 bits per heavy atom. The monoisotopic (exact) mass is 240 g/mol. The van der Waals surface area contributed by atoms with Crippen molar-refractivity contribution in [3.63, 3.8) is 0 Å². The third kappa shape index (κ3) is 2.63. The van der Waals surface area contributed by atoms with E-state index in [1.807, 2.05) is 4.90 Å². The number of hydrogen-bond acceptors (Lipinski definition) is 3. The van der Waals surface area contributed by atoms with E-state index in [0.29, 0.717) is 31.5 Å². The highest BCUT2D eigenvalue weighted by molar-refractivity contribution is 5.79. The van der Waals surface area contributed by atoms with Crippen LogP contribution < -0.4 is 5.73 Å². The summed E-state index contributed by atoms with van der Waals surface area (Å²) >= 11 is 0. The minimum Gasteiger partial charge on any atom is -0.373 e. The molecule has 1 aliphatic heterocycles. The molecule has 1 saturated carbocycles. The van der Waals surface area contributed by atoms with Gasteiger partial charge in [0, 0.05) is 19.0 Å². The molecule has 4 heteroatoms. The first-order chi connectivity index (χ1) is 8.13. The Hall–Kier alpha value is -0.610. The first-order valence-corrected chi connectivity index (χ1v) is 6.75. The Labute approximate surface area is 103 Å². The summed E-state index contributed by atoms with van der Waals surface area (Å²) in [6.45, 7) is 6.04. The molecule has 0 radical (unpaired) electrons. The fourth-order valence-corrected chi connectivity index (χ4v) is 2.99. The van der Waals surface area contributed by atoms with Crippen LogP contribution in [0.1, 0.15) is 33.1 Å². The molecule has 2 N–H and O–H groups in total. The van der Waals surface area contributed by atoms with E-state index < -0.39 is 0 Å². The van der Waals surface area contributed by atoms with E-state index in [9.17, 15) is 4.79 Å². The number of carbonyl (C=O) groups excluding carboxylic acids is 1. The van der Waals surface area contributed by atoms with Crippen molar-refractivity contribution < 1.29 is 9.53 Å². The maximum Gasteiger partial charge on any atom is 0.226 e. The van der Waals surface area contributed by atoms with Crippen molar-refractivity contribution in [3.05, 3.63) is 0 Å². The largest absolute Gasteiger partial charge is 0.373 e. The molecule has 0 bridgehead atoms. The highest BCUT2D eigenvalue weighted by atomic mass is 16.5. The van der Waals surface area contributed by atoms with Gasteiger partial charge in [-0.2, -0.15) is 0 Å². The average Bonchev–Trinajstić information content (AvgIpc) is 2.75. The second-order valence-corrected chi connectivity index (χ2v) is 5.55. The van der Waals surface area contributed by atoms with Gasteiger partial charge in [0.05, 0.1) is 18.8 Å². The topological polar surface area (TPSA) is 55.6 Å². The van der Waals surface area contributed by atoms with Gasteiger partial charge in [0.2, 0.25) is 5.91 Å². The summed E-state index contributed by atoms with van der Waals surface area (Å²) in [4.78, 5) is 14.5. The summed E-state index contributed by atoms with van der Waals surface area (Å²) in [6.07, 6.45) is 3.45. The van der Waals surface area contributed by atoms with Crippen molar-refractivity contribution >= 4 is 5.91 Å². The lowest BCUT2D eigenvalue weighted by Crippen LogP contribution is -2.54. The molecule has 4 atom stereocenters. The van der Waals surface area contributed by atoms with Crippen molar-refractivity contribution in [2.45, 2.75) is 45.3 Å². The summed E-state index contributed by atoms with van der Waals surface area (Å²) in [5.74, 6) is 1.09. The number of rotatable bonds is 2. The predicted molar refractivity (Wildman–Crippen MR) is 66.5 cm³/mol. The van der Waals surface area contributed by atoms with Gasteiger partial charge in [-0.1, -0.05) is 13.3 Å². The van der Waals surface area contributed by atoms with Crippen LogP contribution in [0.3, 0.4) is 0 Å². The standard InChI is InChI=1S/C13H24N2O2/c1-9-4-3-5-12(9)13(16)15-7-11(6-14)17-8-10(15)2/h9-12H,3-8,14H2,1-2H3. The second kappa shape index (κ2) is 5.36. The van der Waals surface area contributed by atoms with Crippen molar-refractivity contribution in [3.8, 4) is 0 Å². The Morgan fingerprint density at radius 3 is 2.76 bits per heavy atom. The van der Waals surface area contributed by atoms with E-state index >= 15 is 0 Å². The first kappa shape index (κ1) is 12.8. The SMILES string of the molecule is CC1CCCC1C(=O)N1CC(CN)OCC1C. The summed E-state index contributed by atoms with van der Waals surface area (Å²) < 4.78 is 5.59. The summed E-state index contributed by atoms with van der Waals surface area (Å²) in [6, 6.07) is 0.193. The smallest absolute Gasteiger partial charge is 0.226 e. The van der Waals surface area contributed by atoms with Crippen molar-refractivity contribution in [1.29, 1.82) is 0 Å². The maximum atomic E-state index is 12.5. The highest BCUT2D eigenvalue weighted by Crippen LogP contribution is 2.33. The summed E-state index contributed by atoms with van der Waals surface area (Å²) in [5.41, 5.74) is 5.63. The zero-order chi connectivity index (χ0) is 12.4. The fourth-order valence-electron chi connectivity index (χ4n) is 2.99. The number of carbonyl (C=O) groups is 1. The molecule has 0 spiro atoms. The molecule has 4 nitrogen and oxygen atoms in total. The van der Waals surface area contributed by atoms with Crippen LogP contribution in [-0.4, -0.2) is 42.6 Å². The molecule has 0 aromatic rings. The van der Waals surface area contributed by atoms with E-state index in [4.69, 9.17) is 10.5 Å². The number of nitrogens with zero attached hydrogens (tertiary/aromatic N) is 1. The highest BCUT2D eigenvalue weighted by Gasteiger charge is 2.37. The quantitative estimate of drug-likeness (QED) is 0.783. The van der Waals surface area contributed by atoms with Gasteiger partial charge in [-0.25, -0.2) is 0 Å². The van der Waals surface area contributed by atoms with Crippen LogP contribution in [0.2, 0.25) is 0 Å². The van der Waals surface area contributed by atoms with Crippen molar-refractivity contribution in [2.75, 3.05) is 19.7 Å². The van der Waals surface area contributed by atoms with Gasteiger partial charge in [-0.05, 0) is 25.7 Å². The third-order valence-electron chi connectivity index (χ3n) is 4.23. The molecule has 1 saturated heterocycles. The van der Waals surface area contributed by atoms with Crippen LogP contribution in [0.15, 0.2) is 0 Å². The van der Waals surface area contributed by atoms with Crippen LogP contribution in [0.25, 0.3) is 0 Å². The maximum absolute atomic E-state index is 12.5. The molecular formula is C13H24N2O2. The molecule has 1 aliphatic carbocycles. The number of morpholine rings is 1. The molecule has 1 heterocycles. The van der Waals surface area contributed by atoms with Gasteiger partial charge in [-0.3, -0.25) is 4.79 Å². The van der Waals surface area contributed by atoms with Crippen LogP contribution in [0.5, 0.6) is 0 Å². The lowest BCUT2D eigenvalue weighted by Gasteiger charge is -2.39. The molecule has 0 aromatic heterocycles. The Bertz CT molecular complexity index is 283. The molecule has 4 unspecified atom stereocenters. The molecule has 1 amide bonds. The van der Waals surface area contributed by atoms with Gasteiger partial charge < -0.3 is 15.4 Å². The summed E-state index contributed by atoms with van der Waals surface area (Å²) in [5, 5.41) is 0. The summed E-state index contributed by atoms with van der Waals surface area (Å²) in [7, 11) is 0. The fraction of sp³-hybridized carbons (Fsp3) is 0.923. The van der Waals surface area contributed by atoms with Crippen LogP contribution >= 0.6 is 0 Å². The minimum absolute atomic E-state index is 0.0202. The Balaban J connectivity index is 2.01. The van der Waals surface area contributed by atoms with E-state index in [1.165, 1.54) is 12.8 Å². The Kier molecular flexibility index (Phi) is 4.05. The molecule has 2 aliphatic rings. The molecule has 2 rings (SSSR count). The van der Waals surface area contributed by atoms with Crippen LogP contribution in [-0.2, 0) is 9.53 Å². The zero-order valence-electron chi connectivity index (χ0n) is 10.9. The number of amides is 1. The number of ether oxygens (including phenoxy) is 1. The predicted octanol–water partition coefficient (Wildman–Crippen LogP) is 0.997. The normalized spacial score (nSPS) is 38.4. The number of nitrogens with two attached hydrogens (primary N) is 1. The van der Waals surface area contributed by atoms with Crippen molar-refractivity contribution in [2.24, 2.45) is 17.6 Å². The van der Waals surface area contributed by atoms with E-state index in [2.05, 4.69) is 13.8 Å². The van der Waals surface area contributed by atoms with E-state index in [0.717, 1.165) is 6.42 Å². The minimum atomic E-state index is 0.0202. The van der Waals surface area contributed by atoms with E-state index in [-0.39, 0.29) is 18.1 Å². The second-order valence-electron chi connectivity index (χ2n) is 5.55. The molecule has 98 valence electrons. The van der Waals surface area contributed by atoms with E-state index in [1.54, 1.807) is 0 Å². The molecular weight excluding hydrogens is 216 g/mol.